The van der Waals surface area contributed by atoms with E-state index in [4.69, 9.17) is 9.47 Å². The second kappa shape index (κ2) is 21.0. The summed E-state index contributed by atoms with van der Waals surface area (Å²) in [4.78, 5) is 30.6. The van der Waals surface area contributed by atoms with Gasteiger partial charge < -0.3 is 29.1 Å². The van der Waals surface area contributed by atoms with E-state index in [0.29, 0.717) is 26.2 Å². The fourth-order valence-corrected chi connectivity index (χ4v) is 3.95. The van der Waals surface area contributed by atoms with Crippen LogP contribution in [0.2, 0.25) is 0 Å². The van der Waals surface area contributed by atoms with Crippen molar-refractivity contribution in [1.29, 1.82) is 0 Å². The fraction of sp³-hybridized carbons (Fsp3) is 0.294. The van der Waals surface area contributed by atoms with Crippen LogP contribution in [0.3, 0.4) is 0 Å². The van der Waals surface area contributed by atoms with Crippen LogP contribution < -0.4 is 9.47 Å². The second-order valence-electron chi connectivity index (χ2n) is 10.2. The first-order chi connectivity index (χ1) is 22.1. The molecule has 8 nitrogen and oxygen atoms in total. The largest absolute Gasteiger partial charge is 4.00 e. The van der Waals surface area contributed by atoms with E-state index in [1.807, 2.05) is 86.9 Å². The monoisotopic (exact) mass is 688 g/mol. The predicted molar refractivity (Wildman–Crippen MR) is 165 cm³/mol. The topological polar surface area (TPSA) is 65.6 Å². The summed E-state index contributed by atoms with van der Waals surface area (Å²) in [6, 6.07) is 27.8. The number of rotatable bonds is 2. The molecule has 4 aromatic rings. The molecule has 6 rings (SSSR count). The standard InChI is InChI=1S/2C12H13F2N2O2.2C5H5.Ti/c2*1-15-4-6-16(7-5-15)12(17)18-11-3-2-9(13)8-10(11)14;2*1-2-4-5-3-1;/h2*2-3H,4-7H2,1H3;2*1-5H;/q4*-1;+4. The van der Waals surface area contributed by atoms with E-state index in [1.54, 1.807) is 0 Å². The van der Waals surface area contributed by atoms with Gasteiger partial charge in [0.1, 0.15) is 0 Å². The predicted octanol–water partition coefficient (Wildman–Crippen LogP) is 5.83. The van der Waals surface area contributed by atoms with E-state index in [0.717, 1.165) is 50.4 Å². The normalized spacial score (nSPS) is 14.5. The third-order valence-electron chi connectivity index (χ3n) is 6.68. The van der Waals surface area contributed by atoms with Gasteiger partial charge in [0.25, 0.3) is 0 Å². The maximum Gasteiger partial charge on any atom is 4.00 e. The second-order valence-corrected chi connectivity index (χ2v) is 10.2. The molecule has 2 aliphatic rings. The maximum atomic E-state index is 13.2. The number of benzene rings is 2. The molecule has 0 atom stereocenters. The number of piperazine rings is 2. The molecule has 0 saturated carbocycles. The molecule has 0 aromatic heterocycles. The number of hydrogen-bond donors (Lipinski definition) is 0. The maximum absolute atomic E-state index is 13.2. The molecule has 0 unspecified atom stereocenters. The molecular formula is C34H36F4N4O4Ti. The molecular weight excluding hydrogens is 652 g/mol. The molecule has 0 N–H and O–H groups in total. The van der Waals surface area contributed by atoms with Crippen LogP contribution in [0.5, 0.6) is 11.5 Å². The summed E-state index contributed by atoms with van der Waals surface area (Å²) in [6.07, 6.45) is -1.25. The Hall–Kier alpha value is -3.97. The van der Waals surface area contributed by atoms with Gasteiger partial charge in [0.15, 0.2) is 0 Å². The van der Waals surface area contributed by atoms with Crippen molar-refractivity contribution >= 4 is 12.2 Å². The summed E-state index contributed by atoms with van der Waals surface area (Å²) in [5, 5.41) is 0. The van der Waals surface area contributed by atoms with Gasteiger partial charge in [0, 0.05) is 64.0 Å². The van der Waals surface area contributed by atoms with Crippen LogP contribution in [-0.4, -0.2) is 98.2 Å². The minimum Gasteiger partial charge on any atom is -0.471 e. The quantitative estimate of drug-likeness (QED) is 0.150. The van der Waals surface area contributed by atoms with Crippen molar-refractivity contribution in [3.63, 3.8) is 0 Å². The molecule has 13 heteroatoms. The van der Waals surface area contributed by atoms with Gasteiger partial charge in [-0.3, -0.25) is 0 Å². The van der Waals surface area contributed by atoms with Crippen LogP contribution in [0.1, 0.15) is 0 Å². The van der Waals surface area contributed by atoms with Gasteiger partial charge in [-0.15, -0.1) is 36.4 Å². The van der Waals surface area contributed by atoms with Gasteiger partial charge in [-0.1, -0.05) is 0 Å². The first kappa shape index (κ1) is 39.2. The van der Waals surface area contributed by atoms with E-state index in [2.05, 4.69) is 9.80 Å². The van der Waals surface area contributed by atoms with E-state index < -0.39 is 35.5 Å². The summed E-state index contributed by atoms with van der Waals surface area (Å²) in [5.41, 5.74) is 0. The molecule has 4 aromatic carbocycles. The van der Waals surface area contributed by atoms with Crippen molar-refractivity contribution < 1.29 is 58.3 Å². The zero-order valence-electron chi connectivity index (χ0n) is 26.2. The van der Waals surface area contributed by atoms with Crippen LogP contribution in [0, 0.1) is 35.4 Å². The van der Waals surface area contributed by atoms with Crippen LogP contribution in [-0.2, 0) is 21.7 Å². The Balaban J connectivity index is 0.000000248. The Kier molecular flexibility index (Phi) is 17.5. The van der Waals surface area contributed by atoms with Gasteiger partial charge in [0.05, 0.1) is 23.1 Å². The number of carbonyl (C=O) groups excluding carboxylic acids is 2. The Morgan fingerprint density at radius 1 is 0.596 bits per heavy atom. The number of amides is 2. The summed E-state index contributed by atoms with van der Waals surface area (Å²) >= 11 is 0. The number of nitrogens with zero attached hydrogens (tertiary/aromatic N) is 4. The molecule has 47 heavy (non-hydrogen) atoms. The molecule has 2 saturated heterocycles. The molecule has 0 spiro atoms. The van der Waals surface area contributed by atoms with Gasteiger partial charge in [-0.25, -0.2) is 51.4 Å². The molecule has 0 bridgehead atoms. The number of likely N-dealkylation sites (N-methyl/N-ethyl adjacent to an activating group) is 2. The van der Waals surface area contributed by atoms with Crippen LogP contribution in [0.4, 0.5) is 27.2 Å². The van der Waals surface area contributed by atoms with Crippen molar-refractivity contribution in [1.82, 2.24) is 19.6 Å². The zero-order chi connectivity index (χ0) is 33.3. The molecule has 2 amide bonds. The SMILES string of the molecule is CN1CCN(C(=O)Oc2ccc(F)[c-]c2F)CC1.CN1CCN(C(=O)Oc2ccc(F)[c-]c2F)CC1.[Ti+4].c1cc[cH-]c1.c1cc[cH-]c1. The number of hydrogen-bond acceptors (Lipinski definition) is 6. The van der Waals surface area contributed by atoms with Gasteiger partial charge >= 0.3 is 33.9 Å². The van der Waals surface area contributed by atoms with Gasteiger partial charge in [0.2, 0.25) is 0 Å². The van der Waals surface area contributed by atoms with Crippen molar-refractivity contribution in [2.75, 3.05) is 66.5 Å². The Labute approximate surface area is 287 Å². The summed E-state index contributed by atoms with van der Waals surface area (Å²) in [6.45, 7) is 5.09. The fourth-order valence-electron chi connectivity index (χ4n) is 3.95. The van der Waals surface area contributed by atoms with Crippen LogP contribution in [0.15, 0.2) is 84.9 Å². The molecule has 248 valence electrons. The molecule has 0 radical (unpaired) electrons. The Morgan fingerprint density at radius 2 is 0.915 bits per heavy atom. The molecule has 2 aliphatic heterocycles. The van der Waals surface area contributed by atoms with Crippen molar-refractivity contribution in [3.05, 3.63) is 120 Å². The minimum absolute atomic E-state index is 0. The summed E-state index contributed by atoms with van der Waals surface area (Å²) < 4.78 is 61.5. The van der Waals surface area contributed by atoms with Crippen LogP contribution >= 0.6 is 0 Å². The number of ether oxygens (including phenoxy) is 2. The van der Waals surface area contributed by atoms with Gasteiger partial charge in [-0.05, 0) is 14.1 Å². The molecule has 0 aliphatic carbocycles. The van der Waals surface area contributed by atoms with E-state index in [9.17, 15) is 27.2 Å². The summed E-state index contributed by atoms with van der Waals surface area (Å²) in [7, 11) is 3.91. The van der Waals surface area contributed by atoms with Crippen molar-refractivity contribution in [2.45, 2.75) is 0 Å². The Morgan fingerprint density at radius 3 is 1.17 bits per heavy atom. The average Bonchev–Trinajstić information content (AvgIpc) is 3.81. The number of halogens is 4. The van der Waals surface area contributed by atoms with E-state index >= 15 is 0 Å². The van der Waals surface area contributed by atoms with Crippen molar-refractivity contribution in [2.24, 2.45) is 0 Å². The van der Waals surface area contributed by atoms with Crippen molar-refractivity contribution in [3.8, 4) is 11.5 Å². The Bertz CT molecular complexity index is 1300. The van der Waals surface area contributed by atoms with Crippen LogP contribution in [0.25, 0.3) is 0 Å². The van der Waals surface area contributed by atoms with Gasteiger partial charge in [-0.2, -0.15) is 36.4 Å². The number of carbonyl (C=O) groups is 2. The van der Waals surface area contributed by atoms with E-state index in [-0.39, 0.29) is 33.2 Å². The summed E-state index contributed by atoms with van der Waals surface area (Å²) in [5.74, 6) is -4.27. The smallest absolute Gasteiger partial charge is 0.471 e. The first-order valence-electron chi connectivity index (χ1n) is 14.5. The third-order valence-corrected chi connectivity index (χ3v) is 6.68. The first-order valence-corrected chi connectivity index (χ1v) is 14.5. The minimum atomic E-state index is -1.00. The third kappa shape index (κ3) is 14.6. The zero-order valence-corrected chi connectivity index (χ0v) is 27.7. The molecule has 2 heterocycles. The average molecular weight is 689 g/mol. The van der Waals surface area contributed by atoms with E-state index in [1.165, 1.54) is 9.80 Å². The molecule has 2 fully saturated rings.